The van der Waals surface area contributed by atoms with Crippen LogP contribution in [-0.2, 0) is 7.05 Å². The summed E-state index contributed by atoms with van der Waals surface area (Å²) in [5.74, 6) is -1.54. The van der Waals surface area contributed by atoms with Crippen LogP contribution in [0.1, 0.15) is 28.0 Å². The van der Waals surface area contributed by atoms with Crippen molar-refractivity contribution in [2.45, 2.75) is 12.5 Å². The van der Waals surface area contributed by atoms with Gasteiger partial charge in [0, 0.05) is 69.5 Å². The summed E-state index contributed by atoms with van der Waals surface area (Å²) in [4.78, 5) is 41.9. The van der Waals surface area contributed by atoms with E-state index in [0.29, 0.717) is 50.7 Å². The number of pyridine rings is 3. The second-order valence-corrected chi connectivity index (χ2v) is 10.9. The lowest BCUT2D eigenvalue weighted by atomic mass is 9.99. The van der Waals surface area contributed by atoms with Crippen molar-refractivity contribution in [2.24, 2.45) is 13.0 Å². The van der Waals surface area contributed by atoms with Gasteiger partial charge in [0.25, 0.3) is 0 Å². The molecule has 2 unspecified atom stereocenters. The van der Waals surface area contributed by atoms with E-state index in [2.05, 4.69) is 49.8 Å². The Kier molecular flexibility index (Phi) is 6.54. The number of nitriles is 1. The molecule has 12 heteroatoms. The van der Waals surface area contributed by atoms with Crippen LogP contribution in [-0.4, -0.2) is 75.3 Å². The van der Waals surface area contributed by atoms with Crippen molar-refractivity contribution in [1.29, 1.82) is 5.26 Å². The third-order valence-corrected chi connectivity index (χ3v) is 8.32. The molecule has 2 saturated heterocycles. The summed E-state index contributed by atoms with van der Waals surface area (Å²) in [6, 6.07) is 4.14. The van der Waals surface area contributed by atoms with E-state index in [-0.39, 0.29) is 17.0 Å². The number of likely N-dealkylation sites (N-methyl/N-ethyl adjacent to an activating group) is 1. The quantitative estimate of drug-likeness (QED) is 0.299. The number of hydrogen-bond donors (Lipinski definition) is 3. The highest BCUT2D eigenvalue weighted by molar-refractivity contribution is 6.05. The van der Waals surface area contributed by atoms with E-state index in [4.69, 9.17) is 0 Å². The third-order valence-electron chi connectivity index (χ3n) is 8.32. The van der Waals surface area contributed by atoms with E-state index < -0.39 is 17.2 Å². The molecule has 6 heterocycles. The first-order valence-electron chi connectivity index (χ1n) is 13.5. The molecule has 2 fully saturated rings. The van der Waals surface area contributed by atoms with E-state index in [1.165, 1.54) is 16.8 Å². The Bertz CT molecular complexity index is 1940. The monoisotopic (exact) mass is 568 g/mol. The number of aromatic nitrogens is 4. The van der Waals surface area contributed by atoms with E-state index in [9.17, 15) is 24.3 Å². The normalized spacial score (nSPS) is 18.9. The van der Waals surface area contributed by atoms with Gasteiger partial charge in [-0.2, -0.15) is 5.26 Å². The number of anilines is 1. The van der Waals surface area contributed by atoms with Crippen LogP contribution in [0.2, 0.25) is 0 Å². The van der Waals surface area contributed by atoms with Crippen LogP contribution in [0.3, 0.4) is 0 Å². The van der Waals surface area contributed by atoms with Crippen molar-refractivity contribution < 1.29 is 14.3 Å². The summed E-state index contributed by atoms with van der Waals surface area (Å²) in [5.41, 5.74) is 2.84. The number of aromatic carboxylic acids is 1. The van der Waals surface area contributed by atoms with Crippen LogP contribution in [0.15, 0.2) is 47.9 Å². The van der Waals surface area contributed by atoms with Crippen molar-refractivity contribution in [3.8, 4) is 17.2 Å². The maximum atomic E-state index is 13.9. The van der Waals surface area contributed by atoms with Crippen molar-refractivity contribution in [3.05, 3.63) is 70.2 Å². The van der Waals surface area contributed by atoms with Gasteiger partial charge >= 0.3 is 5.97 Å². The Morgan fingerprint density at radius 1 is 1.31 bits per heavy atom. The number of allylic oxidation sites excluding steroid dienone is 2. The molecule has 11 nitrogen and oxygen atoms in total. The molecular weight excluding hydrogens is 539 g/mol. The zero-order valence-electron chi connectivity index (χ0n) is 23.4. The molecule has 2 atom stereocenters. The highest BCUT2D eigenvalue weighted by atomic mass is 19.1. The molecule has 3 N–H and O–H groups in total. The Balaban J connectivity index is 1.67. The number of nitrogens with one attached hydrogen (secondary N) is 2. The number of hydrogen-bond acceptors (Lipinski definition) is 8. The Hall–Kier alpha value is -5.02. The summed E-state index contributed by atoms with van der Waals surface area (Å²) in [6.07, 6.45) is 6.76. The number of likely N-dealkylation sites (tertiary alicyclic amines) is 1. The molecule has 0 radical (unpaired) electrons. The summed E-state index contributed by atoms with van der Waals surface area (Å²) >= 11 is 0. The maximum absolute atomic E-state index is 13.9. The van der Waals surface area contributed by atoms with Gasteiger partial charge in [0.1, 0.15) is 28.8 Å². The van der Waals surface area contributed by atoms with Gasteiger partial charge in [0.2, 0.25) is 5.43 Å². The topological polar surface area (TPSA) is 143 Å². The molecule has 214 valence electrons. The number of carboxylic acids is 1. The zero-order chi connectivity index (χ0) is 29.9. The largest absolute Gasteiger partial charge is 0.477 e. The average molecular weight is 569 g/mol. The Labute approximate surface area is 240 Å². The van der Waals surface area contributed by atoms with E-state index in [1.807, 2.05) is 0 Å². The molecule has 4 aromatic heterocycles. The Morgan fingerprint density at radius 2 is 2.10 bits per heavy atom. The fourth-order valence-electron chi connectivity index (χ4n) is 6.50. The van der Waals surface area contributed by atoms with Crippen LogP contribution in [0, 0.1) is 17.2 Å². The summed E-state index contributed by atoms with van der Waals surface area (Å²) < 4.78 is 15.4. The highest BCUT2D eigenvalue weighted by Gasteiger charge is 2.42. The number of carboxylic acid groups (broad SMARTS) is 1. The van der Waals surface area contributed by atoms with Gasteiger partial charge in [0.05, 0.1) is 33.4 Å². The van der Waals surface area contributed by atoms with Gasteiger partial charge in [-0.05, 0) is 31.5 Å². The molecule has 42 heavy (non-hydrogen) atoms. The van der Waals surface area contributed by atoms with Crippen LogP contribution in [0.25, 0.3) is 38.9 Å². The summed E-state index contributed by atoms with van der Waals surface area (Å²) in [6.45, 7) is 5.89. The molecule has 0 bridgehead atoms. The number of nitrogens with zero attached hydrogens (tertiary/aromatic N) is 6. The summed E-state index contributed by atoms with van der Waals surface area (Å²) in [7, 11) is 5.36. The van der Waals surface area contributed by atoms with Gasteiger partial charge < -0.3 is 29.8 Å². The van der Waals surface area contributed by atoms with E-state index >= 15 is 0 Å². The number of fused-ring (bicyclic) bond motifs is 3. The number of aryl methyl sites for hydroxylation is 1. The first-order chi connectivity index (χ1) is 20.1. The number of aromatic amines is 1. The first kappa shape index (κ1) is 27.2. The molecule has 6 rings (SSSR count). The SMILES string of the molecule is C=C(F)/C=C(/NC)c1[nH]c2ncc(-c3cnc4c(c3)c(=O)c(C(=O)O)cn4C)c(N3CCC4CN(C)CC43)c2c1C#N. The zero-order valence-corrected chi connectivity index (χ0v) is 23.4. The molecule has 2 aliphatic rings. The minimum atomic E-state index is -1.32. The molecule has 0 saturated carbocycles. The predicted octanol–water partition coefficient (Wildman–Crippen LogP) is 3.23. The average Bonchev–Trinajstić information content (AvgIpc) is 3.64. The van der Waals surface area contributed by atoms with E-state index in [0.717, 1.165) is 31.7 Å². The van der Waals surface area contributed by atoms with Crippen LogP contribution < -0.4 is 15.6 Å². The smallest absolute Gasteiger partial charge is 0.341 e. The van der Waals surface area contributed by atoms with E-state index in [1.54, 1.807) is 32.6 Å². The molecule has 0 spiro atoms. The minimum absolute atomic E-state index is 0.165. The number of H-pyrrole nitrogens is 1. The van der Waals surface area contributed by atoms with Crippen LogP contribution in [0.4, 0.5) is 10.1 Å². The van der Waals surface area contributed by atoms with Gasteiger partial charge in [-0.25, -0.2) is 19.2 Å². The van der Waals surface area contributed by atoms with Crippen molar-refractivity contribution >= 4 is 39.4 Å². The molecular formula is C30H29FN8O3. The number of rotatable bonds is 6. The van der Waals surface area contributed by atoms with Gasteiger partial charge in [-0.1, -0.05) is 6.58 Å². The first-order valence-corrected chi connectivity index (χ1v) is 13.5. The summed E-state index contributed by atoms with van der Waals surface area (Å²) in [5, 5.41) is 23.7. The lowest BCUT2D eigenvalue weighted by molar-refractivity contribution is 0.0695. The third kappa shape index (κ3) is 4.21. The van der Waals surface area contributed by atoms with Crippen molar-refractivity contribution in [1.82, 2.24) is 29.7 Å². The van der Waals surface area contributed by atoms with Crippen molar-refractivity contribution in [2.75, 3.05) is 38.6 Å². The second kappa shape index (κ2) is 10.1. The molecule has 0 aliphatic carbocycles. The fourth-order valence-corrected chi connectivity index (χ4v) is 6.50. The van der Waals surface area contributed by atoms with Gasteiger partial charge in [-0.3, -0.25) is 4.79 Å². The maximum Gasteiger partial charge on any atom is 0.341 e. The molecule has 0 amide bonds. The lowest BCUT2D eigenvalue weighted by Crippen LogP contribution is -2.35. The van der Waals surface area contributed by atoms with Crippen LogP contribution in [0.5, 0.6) is 0 Å². The lowest BCUT2D eigenvalue weighted by Gasteiger charge is -2.29. The second-order valence-electron chi connectivity index (χ2n) is 10.9. The molecule has 4 aromatic rings. The number of carbonyl (C=O) groups is 1. The standard InChI is InChI=1S/C30H29FN8O3/c1-15(31)7-22(33-2)25-19(9-32)24-26(39-6-5-16-12-37(3)14-23(16)39)20(11-34-28(24)36-25)17-8-18-27(40)21(30(41)42)13-38(4)29(18)35-10-17/h7-8,10-11,13,16,23,33H,1,5-6,12,14H2,2-4H3,(H,34,36)(H,41,42)/b22-7+. The van der Waals surface area contributed by atoms with Crippen LogP contribution >= 0.6 is 0 Å². The fraction of sp³-hybridized carbons (Fsp3) is 0.300. The predicted molar refractivity (Wildman–Crippen MR) is 158 cm³/mol. The minimum Gasteiger partial charge on any atom is -0.477 e. The number of halogens is 1. The Morgan fingerprint density at radius 3 is 2.79 bits per heavy atom. The molecule has 2 aliphatic heterocycles. The van der Waals surface area contributed by atoms with Gasteiger partial charge in [0.15, 0.2) is 0 Å². The van der Waals surface area contributed by atoms with Gasteiger partial charge in [-0.15, -0.1) is 0 Å². The highest BCUT2D eigenvalue weighted by Crippen LogP contribution is 2.45. The molecule has 0 aromatic carbocycles. The van der Waals surface area contributed by atoms with Crippen molar-refractivity contribution in [3.63, 3.8) is 0 Å².